The summed E-state index contributed by atoms with van der Waals surface area (Å²) >= 11 is 5.85. The molecule has 2 amide bonds. The number of amides is 2. The zero-order valence-electron chi connectivity index (χ0n) is 17.8. The van der Waals surface area contributed by atoms with Crippen LogP contribution in [-0.2, 0) is 4.79 Å². The number of halogens is 1. The van der Waals surface area contributed by atoms with Crippen molar-refractivity contribution in [2.24, 2.45) is 5.73 Å². The molecule has 1 aliphatic heterocycles. The van der Waals surface area contributed by atoms with Crippen molar-refractivity contribution in [3.05, 3.63) is 65.8 Å². The Morgan fingerprint density at radius 3 is 2.61 bits per heavy atom. The first kappa shape index (κ1) is 22.3. The molecule has 33 heavy (non-hydrogen) atoms. The van der Waals surface area contributed by atoms with E-state index in [4.69, 9.17) is 27.8 Å². The minimum atomic E-state index is -0.672. The molecule has 1 unspecified atom stereocenters. The first-order chi connectivity index (χ1) is 15.9. The predicted octanol–water partition coefficient (Wildman–Crippen LogP) is 3.42. The highest BCUT2D eigenvalue weighted by Gasteiger charge is 2.29. The normalized spacial score (nSPS) is 15.8. The molecule has 4 N–H and O–H groups in total. The van der Waals surface area contributed by atoms with Crippen LogP contribution < -0.4 is 16.2 Å². The number of nitrogens with zero attached hydrogens (tertiary/aromatic N) is 4. The quantitative estimate of drug-likeness (QED) is 0.535. The van der Waals surface area contributed by atoms with Crippen LogP contribution in [-0.4, -0.2) is 44.6 Å². The van der Waals surface area contributed by atoms with Gasteiger partial charge in [0.1, 0.15) is 22.8 Å². The van der Waals surface area contributed by atoms with Gasteiger partial charge in [0.25, 0.3) is 5.91 Å². The summed E-state index contributed by atoms with van der Waals surface area (Å²) < 4.78 is 7.31. The van der Waals surface area contributed by atoms with Gasteiger partial charge in [-0.05, 0) is 49.2 Å². The molecule has 1 aromatic carbocycles. The van der Waals surface area contributed by atoms with E-state index in [9.17, 15) is 9.59 Å². The molecule has 10 heteroatoms. The van der Waals surface area contributed by atoms with Gasteiger partial charge < -0.3 is 21.1 Å². The van der Waals surface area contributed by atoms with Crippen LogP contribution in [0, 0.1) is 0 Å². The molecule has 3 aromatic rings. The number of benzene rings is 1. The Hall–Kier alpha value is -3.85. The molecular formula is C23H23ClN6O3. The Labute approximate surface area is 195 Å². The van der Waals surface area contributed by atoms with E-state index in [1.54, 1.807) is 46.0 Å². The fourth-order valence-electron chi connectivity index (χ4n) is 3.88. The lowest BCUT2D eigenvalue weighted by molar-refractivity contribution is -0.127. The molecule has 0 saturated carbocycles. The second kappa shape index (κ2) is 9.33. The van der Waals surface area contributed by atoms with E-state index < -0.39 is 5.91 Å². The van der Waals surface area contributed by atoms with E-state index in [0.717, 1.165) is 12.8 Å². The molecular weight excluding hydrogens is 444 g/mol. The number of anilines is 1. The molecule has 2 aromatic heterocycles. The zero-order chi connectivity index (χ0) is 23.5. The molecule has 3 heterocycles. The van der Waals surface area contributed by atoms with Gasteiger partial charge in [0.05, 0.1) is 11.1 Å². The number of pyridine rings is 1. The average Bonchev–Trinajstić information content (AvgIpc) is 3.18. The number of likely N-dealkylation sites (tertiary alicyclic amines) is 1. The molecule has 1 saturated heterocycles. The lowest BCUT2D eigenvalue weighted by Gasteiger charge is -2.32. The van der Waals surface area contributed by atoms with Crippen LogP contribution in [0.4, 0.5) is 5.82 Å². The number of hydrogen-bond donors (Lipinski definition) is 2. The van der Waals surface area contributed by atoms with Gasteiger partial charge in [0.15, 0.2) is 0 Å². The minimum Gasteiger partial charge on any atom is -0.439 e. The summed E-state index contributed by atoms with van der Waals surface area (Å²) in [7, 11) is 0. The number of hydrogen-bond acceptors (Lipinski definition) is 6. The fourth-order valence-corrected chi connectivity index (χ4v) is 3.99. The Balaban J connectivity index is 1.62. The Bertz CT molecular complexity index is 1190. The van der Waals surface area contributed by atoms with Crippen molar-refractivity contribution in [1.82, 2.24) is 19.7 Å². The van der Waals surface area contributed by atoms with Crippen LogP contribution in [0.1, 0.15) is 29.2 Å². The standard InChI is InChI=1S/C23H23ClN6O3/c1-2-19(31)29-11-3-4-16(13-29)30-22(25)20(23(26)32)21(28-30)14-5-8-17(9-6-14)33-18-10-7-15(24)12-27-18/h2,5-10,12,16H,1,3-4,11,13,25H2,(H2,26,32). The van der Waals surface area contributed by atoms with Gasteiger partial charge in [-0.15, -0.1) is 0 Å². The number of ether oxygens (including phenoxy) is 1. The molecule has 4 rings (SSSR count). The van der Waals surface area contributed by atoms with Crippen LogP contribution in [0.2, 0.25) is 5.02 Å². The topological polar surface area (TPSA) is 129 Å². The van der Waals surface area contributed by atoms with Crippen molar-refractivity contribution in [2.45, 2.75) is 18.9 Å². The number of aromatic nitrogens is 3. The van der Waals surface area contributed by atoms with Gasteiger partial charge in [-0.3, -0.25) is 9.59 Å². The third-order valence-corrected chi connectivity index (χ3v) is 5.70. The molecule has 0 spiro atoms. The zero-order valence-corrected chi connectivity index (χ0v) is 18.5. The van der Waals surface area contributed by atoms with Crippen molar-refractivity contribution < 1.29 is 14.3 Å². The van der Waals surface area contributed by atoms with Crippen LogP contribution in [0.15, 0.2) is 55.3 Å². The fraction of sp³-hybridized carbons (Fsp3) is 0.217. The number of nitrogens with two attached hydrogens (primary N) is 2. The van der Waals surface area contributed by atoms with Crippen LogP contribution >= 0.6 is 11.6 Å². The molecule has 0 bridgehead atoms. The number of carbonyl (C=O) groups is 2. The smallest absolute Gasteiger partial charge is 0.254 e. The Morgan fingerprint density at radius 1 is 1.21 bits per heavy atom. The predicted molar refractivity (Wildman–Crippen MR) is 125 cm³/mol. The maximum absolute atomic E-state index is 12.2. The van der Waals surface area contributed by atoms with Crippen LogP contribution in [0.25, 0.3) is 11.3 Å². The van der Waals surface area contributed by atoms with E-state index in [1.165, 1.54) is 12.3 Å². The Morgan fingerprint density at radius 2 is 1.97 bits per heavy atom. The number of carbonyl (C=O) groups excluding carboxylic acids is 2. The maximum atomic E-state index is 12.2. The third-order valence-electron chi connectivity index (χ3n) is 5.47. The van der Waals surface area contributed by atoms with E-state index in [2.05, 4.69) is 16.7 Å². The van der Waals surface area contributed by atoms with Crippen LogP contribution in [0.5, 0.6) is 11.6 Å². The summed E-state index contributed by atoms with van der Waals surface area (Å²) in [5.74, 6) is 0.309. The molecule has 9 nitrogen and oxygen atoms in total. The summed E-state index contributed by atoms with van der Waals surface area (Å²) in [6.07, 6.45) is 4.34. The van der Waals surface area contributed by atoms with Crippen molar-refractivity contribution >= 4 is 29.2 Å². The molecule has 170 valence electrons. The first-order valence-corrected chi connectivity index (χ1v) is 10.7. The average molecular weight is 467 g/mol. The van der Waals surface area contributed by atoms with Crippen molar-refractivity contribution in [1.29, 1.82) is 0 Å². The Kier molecular flexibility index (Phi) is 6.32. The van der Waals surface area contributed by atoms with Crippen LogP contribution in [0.3, 0.4) is 0 Å². The van der Waals surface area contributed by atoms with Gasteiger partial charge in [0.2, 0.25) is 11.8 Å². The summed E-state index contributed by atoms with van der Waals surface area (Å²) in [5.41, 5.74) is 13.1. The number of primary amides is 1. The highest BCUT2D eigenvalue weighted by atomic mass is 35.5. The summed E-state index contributed by atoms with van der Waals surface area (Å²) in [6.45, 7) is 4.62. The van der Waals surface area contributed by atoms with Gasteiger partial charge in [0, 0.05) is 30.9 Å². The number of piperidine rings is 1. The van der Waals surface area contributed by atoms with E-state index in [0.29, 0.717) is 41.0 Å². The maximum Gasteiger partial charge on any atom is 0.254 e. The van der Waals surface area contributed by atoms with Crippen molar-refractivity contribution in [3.63, 3.8) is 0 Å². The largest absolute Gasteiger partial charge is 0.439 e. The lowest BCUT2D eigenvalue weighted by atomic mass is 10.1. The van der Waals surface area contributed by atoms with E-state index in [1.807, 2.05) is 0 Å². The van der Waals surface area contributed by atoms with Gasteiger partial charge in [-0.1, -0.05) is 18.2 Å². The second-order valence-corrected chi connectivity index (χ2v) is 8.08. The number of rotatable bonds is 6. The monoisotopic (exact) mass is 466 g/mol. The van der Waals surface area contributed by atoms with Crippen molar-refractivity contribution in [3.8, 4) is 22.9 Å². The van der Waals surface area contributed by atoms with E-state index >= 15 is 0 Å². The molecule has 1 aliphatic rings. The third kappa shape index (κ3) is 4.68. The molecule has 1 atom stereocenters. The summed E-state index contributed by atoms with van der Waals surface area (Å²) in [4.78, 5) is 30.1. The minimum absolute atomic E-state index is 0.147. The molecule has 0 aliphatic carbocycles. The first-order valence-electron chi connectivity index (χ1n) is 10.4. The number of nitrogen functional groups attached to an aromatic ring is 1. The highest BCUT2D eigenvalue weighted by Crippen LogP contribution is 2.33. The summed E-state index contributed by atoms with van der Waals surface area (Å²) in [6, 6.07) is 10.2. The highest BCUT2D eigenvalue weighted by molar-refractivity contribution is 6.30. The van der Waals surface area contributed by atoms with E-state index in [-0.39, 0.29) is 23.3 Å². The molecule has 0 radical (unpaired) electrons. The van der Waals surface area contributed by atoms with Gasteiger partial charge >= 0.3 is 0 Å². The summed E-state index contributed by atoms with van der Waals surface area (Å²) in [5, 5.41) is 5.14. The van der Waals surface area contributed by atoms with Crippen molar-refractivity contribution in [2.75, 3.05) is 18.8 Å². The SMILES string of the molecule is C=CC(=O)N1CCCC(n2nc(-c3ccc(Oc4ccc(Cl)cn4)cc3)c(C(N)=O)c2N)C1. The molecule has 1 fully saturated rings. The van der Waals surface area contributed by atoms with Gasteiger partial charge in [-0.2, -0.15) is 5.10 Å². The lowest BCUT2D eigenvalue weighted by Crippen LogP contribution is -2.40. The van der Waals surface area contributed by atoms with Gasteiger partial charge in [-0.25, -0.2) is 9.67 Å². The second-order valence-electron chi connectivity index (χ2n) is 7.64.